The van der Waals surface area contributed by atoms with Crippen molar-refractivity contribution in [1.29, 1.82) is 0 Å². The molecule has 0 saturated carbocycles. The van der Waals surface area contributed by atoms with E-state index in [1.165, 1.54) is 0 Å². The summed E-state index contributed by atoms with van der Waals surface area (Å²) < 4.78 is 36.4. The van der Waals surface area contributed by atoms with Gasteiger partial charge in [-0.25, -0.2) is 5.01 Å². The van der Waals surface area contributed by atoms with Gasteiger partial charge in [0.2, 0.25) is 0 Å². The molecule has 0 aromatic heterocycles. The highest BCUT2D eigenvalue weighted by Gasteiger charge is 2.47. The minimum absolute atomic E-state index is 0.304. The first-order chi connectivity index (χ1) is 7.50. The summed E-state index contributed by atoms with van der Waals surface area (Å²) in [6.45, 7) is 5.43. The van der Waals surface area contributed by atoms with E-state index in [4.69, 9.17) is 0 Å². The Balaban J connectivity index is 2.68. The molecule has 2 amide bonds. The van der Waals surface area contributed by atoms with Gasteiger partial charge in [0.05, 0.1) is 6.54 Å². The molecular formula is C8H14F3N3O2Si. The Morgan fingerprint density at radius 1 is 1.47 bits per heavy atom. The zero-order chi connectivity index (χ0) is 13.4. The summed E-state index contributed by atoms with van der Waals surface area (Å²) in [5.41, 5.74) is 1.92. The van der Waals surface area contributed by atoms with E-state index >= 15 is 0 Å². The minimum Gasteiger partial charge on any atom is -0.325 e. The normalized spacial score (nSPS) is 21.6. The molecule has 1 fully saturated rings. The van der Waals surface area contributed by atoms with Crippen LogP contribution in [-0.2, 0) is 9.59 Å². The number of amides is 2. The van der Waals surface area contributed by atoms with Crippen molar-refractivity contribution in [3.05, 3.63) is 0 Å². The molecule has 1 saturated heterocycles. The van der Waals surface area contributed by atoms with E-state index in [2.05, 4.69) is 4.98 Å². The lowest BCUT2D eigenvalue weighted by Crippen LogP contribution is -2.52. The van der Waals surface area contributed by atoms with E-state index in [1.807, 2.05) is 25.1 Å². The number of carbonyl (C=O) groups excluding carboxylic acids is 2. The molecule has 0 aliphatic carbocycles. The number of rotatable bonds is 2. The Kier molecular flexibility index (Phi) is 3.53. The minimum atomic E-state index is -4.97. The van der Waals surface area contributed by atoms with Crippen LogP contribution in [0.25, 0.3) is 0 Å². The van der Waals surface area contributed by atoms with Crippen LogP contribution in [0, 0.1) is 0 Å². The van der Waals surface area contributed by atoms with E-state index in [1.54, 1.807) is 0 Å². The number of halogens is 3. The second kappa shape index (κ2) is 4.30. The van der Waals surface area contributed by atoms with Crippen molar-refractivity contribution < 1.29 is 22.8 Å². The fraction of sp³-hybridized carbons (Fsp3) is 0.750. The molecule has 1 heterocycles. The summed E-state index contributed by atoms with van der Waals surface area (Å²) in [5, 5.41) is 0.306. The number of nitrogens with zero attached hydrogens (tertiary/aromatic N) is 1. The average molecular weight is 269 g/mol. The fourth-order valence-electron chi connectivity index (χ4n) is 1.44. The Bertz CT molecular complexity index is 340. The van der Waals surface area contributed by atoms with Gasteiger partial charge in [0.15, 0.2) is 0 Å². The number of hydrogen-bond donors (Lipinski definition) is 2. The molecule has 0 bridgehead atoms. The fourth-order valence-corrected chi connectivity index (χ4v) is 2.71. The lowest BCUT2D eigenvalue weighted by atomic mass is 10.3. The molecule has 9 heteroatoms. The van der Waals surface area contributed by atoms with Crippen LogP contribution in [0.15, 0.2) is 0 Å². The quantitative estimate of drug-likeness (QED) is 0.705. The predicted molar refractivity (Wildman–Crippen MR) is 56.2 cm³/mol. The van der Waals surface area contributed by atoms with E-state index < -0.39 is 32.3 Å². The topological polar surface area (TPSA) is 61.4 Å². The van der Waals surface area contributed by atoms with Crippen molar-refractivity contribution in [2.24, 2.45) is 0 Å². The van der Waals surface area contributed by atoms with Crippen molar-refractivity contribution in [3.63, 3.8) is 0 Å². The van der Waals surface area contributed by atoms with Crippen molar-refractivity contribution in [2.75, 3.05) is 6.54 Å². The molecule has 17 heavy (non-hydrogen) atoms. The van der Waals surface area contributed by atoms with Gasteiger partial charge >= 0.3 is 12.1 Å². The molecule has 1 unspecified atom stereocenters. The van der Waals surface area contributed by atoms with E-state index in [9.17, 15) is 22.8 Å². The summed E-state index contributed by atoms with van der Waals surface area (Å²) in [6, 6.07) is -0.770. The van der Waals surface area contributed by atoms with Gasteiger partial charge in [-0.2, -0.15) is 13.2 Å². The summed E-state index contributed by atoms with van der Waals surface area (Å²) in [7, 11) is -1.80. The summed E-state index contributed by atoms with van der Waals surface area (Å²) in [4.78, 5) is 25.2. The predicted octanol–water partition coefficient (Wildman–Crippen LogP) is 0.215. The number of hydrazine groups is 1. The number of alkyl halides is 3. The summed E-state index contributed by atoms with van der Waals surface area (Å²) >= 11 is 0. The Morgan fingerprint density at radius 3 is 2.41 bits per heavy atom. The summed E-state index contributed by atoms with van der Waals surface area (Å²) in [6.07, 6.45) is -4.97. The third-order valence-electron chi connectivity index (χ3n) is 2.02. The van der Waals surface area contributed by atoms with Gasteiger partial charge in [-0.05, 0) is 0 Å². The van der Waals surface area contributed by atoms with Crippen LogP contribution in [0.3, 0.4) is 0 Å². The van der Waals surface area contributed by atoms with Crippen LogP contribution in [-0.4, -0.2) is 43.8 Å². The molecule has 1 aliphatic rings. The molecule has 0 radical (unpaired) electrons. The molecule has 0 aromatic rings. The number of hydrogen-bond acceptors (Lipinski definition) is 3. The van der Waals surface area contributed by atoms with Gasteiger partial charge < -0.3 is 4.98 Å². The summed E-state index contributed by atoms with van der Waals surface area (Å²) in [5.74, 6) is -2.66. The molecule has 0 spiro atoms. The first-order valence-corrected chi connectivity index (χ1v) is 8.47. The molecule has 1 aliphatic heterocycles. The third-order valence-corrected chi connectivity index (χ3v) is 3.24. The van der Waals surface area contributed by atoms with Gasteiger partial charge in [0.25, 0.3) is 5.91 Å². The highest BCUT2D eigenvalue weighted by molar-refractivity contribution is 6.73. The maximum Gasteiger partial charge on any atom is 0.473 e. The Hall–Kier alpha value is -1.09. The van der Waals surface area contributed by atoms with Crippen LogP contribution in [0.1, 0.15) is 0 Å². The lowest BCUT2D eigenvalue weighted by molar-refractivity contribution is -0.187. The van der Waals surface area contributed by atoms with Crippen molar-refractivity contribution in [1.82, 2.24) is 15.4 Å². The van der Waals surface area contributed by atoms with Gasteiger partial charge in [-0.1, -0.05) is 19.6 Å². The van der Waals surface area contributed by atoms with Crippen LogP contribution in [0.2, 0.25) is 19.6 Å². The van der Waals surface area contributed by atoms with E-state index in [-0.39, 0.29) is 6.54 Å². The first kappa shape index (κ1) is 14.0. The van der Waals surface area contributed by atoms with Crippen LogP contribution in [0.4, 0.5) is 13.2 Å². The Morgan fingerprint density at radius 2 is 2.00 bits per heavy atom. The van der Waals surface area contributed by atoms with Crippen molar-refractivity contribution in [3.8, 4) is 0 Å². The van der Waals surface area contributed by atoms with Gasteiger partial charge in [-0.3, -0.25) is 15.0 Å². The van der Waals surface area contributed by atoms with E-state index in [0.717, 1.165) is 0 Å². The highest BCUT2D eigenvalue weighted by atomic mass is 28.3. The van der Waals surface area contributed by atoms with Crippen molar-refractivity contribution in [2.45, 2.75) is 31.9 Å². The largest absolute Gasteiger partial charge is 0.473 e. The molecule has 5 nitrogen and oxygen atoms in total. The highest BCUT2D eigenvalue weighted by Crippen LogP contribution is 2.19. The van der Waals surface area contributed by atoms with Crippen molar-refractivity contribution >= 4 is 20.0 Å². The van der Waals surface area contributed by atoms with Crippen LogP contribution < -0.4 is 10.4 Å². The standard InChI is InChI=1S/C8H14F3N3O2Si/c1-17(2,3)13-5-4-14(12-6(5)15)7(16)8(9,10)11/h5,13H,4H2,1-3H3,(H,12,15). The van der Waals surface area contributed by atoms with Gasteiger partial charge in [0, 0.05) is 0 Å². The molecule has 1 atom stereocenters. The van der Waals surface area contributed by atoms with Gasteiger partial charge in [-0.15, -0.1) is 0 Å². The molecule has 1 rings (SSSR count). The second-order valence-electron chi connectivity index (χ2n) is 4.84. The zero-order valence-electron chi connectivity index (χ0n) is 9.68. The SMILES string of the molecule is C[Si](C)(C)NC1CN(C(=O)C(F)(F)F)NC1=O. The van der Waals surface area contributed by atoms with Gasteiger partial charge in [0.1, 0.15) is 14.3 Å². The Labute approximate surface area is 97.4 Å². The molecule has 2 N–H and O–H groups in total. The number of carbonyl (C=O) groups is 2. The lowest BCUT2D eigenvalue weighted by Gasteiger charge is -2.22. The zero-order valence-corrected chi connectivity index (χ0v) is 10.7. The number of nitrogens with one attached hydrogen (secondary N) is 2. The monoisotopic (exact) mass is 269 g/mol. The first-order valence-electron chi connectivity index (χ1n) is 4.97. The third kappa shape index (κ3) is 3.70. The molecule has 0 aromatic carbocycles. The average Bonchev–Trinajstić information content (AvgIpc) is 2.42. The van der Waals surface area contributed by atoms with E-state index in [0.29, 0.717) is 5.01 Å². The molecule has 98 valence electrons. The smallest absolute Gasteiger partial charge is 0.325 e. The van der Waals surface area contributed by atoms with Crippen LogP contribution in [0.5, 0.6) is 0 Å². The second-order valence-corrected chi connectivity index (χ2v) is 9.63. The maximum atomic E-state index is 12.1. The molecular weight excluding hydrogens is 255 g/mol. The van der Waals surface area contributed by atoms with Crippen LogP contribution >= 0.6 is 0 Å². The maximum absolute atomic E-state index is 12.1.